The van der Waals surface area contributed by atoms with Gasteiger partial charge in [0.2, 0.25) is 5.95 Å². The van der Waals surface area contributed by atoms with Gasteiger partial charge in [0.1, 0.15) is 17.0 Å². The summed E-state index contributed by atoms with van der Waals surface area (Å²) in [6, 6.07) is 4.45. The van der Waals surface area contributed by atoms with Crippen LogP contribution in [0.2, 0.25) is 0 Å². The largest absolute Gasteiger partial charge is 0.351 e. The maximum absolute atomic E-state index is 15.3. The fraction of sp³-hybridized carbons (Fsp3) is 0.536. The number of piperidine rings is 1. The molecule has 8 heteroatoms. The van der Waals surface area contributed by atoms with E-state index >= 15 is 4.39 Å². The highest BCUT2D eigenvalue weighted by atomic mass is 19.1. The van der Waals surface area contributed by atoms with Crippen LogP contribution in [0.5, 0.6) is 0 Å². The van der Waals surface area contributed by atoms with Crippen molar-refractivity contribution < 1.29 is 7.24 Å². The molecular formula is C28H42FN7. The summed E-state index contributed by atoms with van der Waals surface area (Å²) in [7, 11) is 2.15. The molecule has 1 aromatic carbocycles. The average Bonchev–Trinajstić information content (AvgIpc) is 3.47. The third-order valence-corrected chi connectivity index (χ3v) is 7.66. The normalized spacial score (nSPS) is 17.9. The highest BCUT2D eigenvalue weighted by molar-refractivity contribution is 5.96. The van der Waals surface area contributed by atoms with Gasteiger partial charge in [-0.1, -0.05) is 33.1 Å². The minimum absolute atomic E-state index is 0. The third-order valence-electron chi connectivity index (χ3n) is 7.66. The Kier molecular flexibility index (Phi) is 7.23. The summed E-state index contributed by atoms with van der Waals surface area (Å²) in [5.41, 5.74) is 3.82. The Labute approximate surface area is 215 Å². The first kappa shape index (κ1) is 24.7. The van der Waals surface area contributed by atoms with Gasteiger partial charge in [0.05, 0.1) is 5.52 Å². The molecule has 0 atom stereocenters. The number of hydrogen-bond acceptors (Lipinski definition) is 5. The van der Waals surface area contributed by atoms with Crippen molar-refractivity contribution in [1.82, 2.24) is 29.4 Å². The summed E-state index contributed by atoms with van der Waals surface area (Å²) in [5, 5.41) is 4.39. The van der Waals surface area contributed by atoms with Crippen molar-refractivity contribution in [3.63, 3.8) is 0 Å². The van der Waals surface area contributed by atoms with Gasteiger partial charge in [-0.3, -0.25) is 0 Å². The number of aromatic nitrogens is 5. The van der Waals surface area contributed by atoms with Crippen LogP contribution in [0.4, 0.5) is 10.3 Å². The van der Waals surface area contributed by atoms with Crippen molar-refractivity contribution in [2.45, 2.75) is 77.8 Å². The van der Waals surface area contributed by atoms with E-state index in [0.29, 0.717) is 23.5 Å². The van der Waals surface area contributed by atoms with E-state index in [9.17, 15) is 0 Å². The van der Waals surface area contributed by atoms with Crippen LogP contribution in [0.1, 0.15) is 73.5 Å². The first-order valence-electron chi connectivity index (χ1n) is 13.5. The maximum atomic E-state index is 15.3. The Morgan fingerprint density at radius 3 is 2.56 bits per heavy atom. The van der Waals surface area contributed by atoms with Crippen LogP contribution < -0.4 is 5.32 Å². The van der Waals surface area contributed by atoms with Crippen molar-refractivity contribution in [2.24, 2.45) is 0 Å². The molecule has 7 nitrogen and oxygen atoms in total. The standard InChI is InChI=1S/C26H32FN7.C2H6.2H2/c1-16-30-24-22(27)12-17(13-23(24)34(16)19-8-10-33(2)11-9-19)20-14-28-25-21(20)15-29-26(32-25)31-18-6-4-3-5-7-18;1-2;;/h12-15,18-19H,3-11H2,1-2H3,(H2,28,29,31,32);1-2H3;2*1H. The molecule has 1 aliphatic heterocycles. The molecule has 0 radical (unpaired) electrons. The second kappa shape index (κ2) is 10.5. The zero-order valence-electron chi connectivity index (χ0n) is 21.9. The lowest BCUT2D eigenvalue weighted by molar-refractivity contribution is 0.222. The van der Waals surface area contributed by atoms with Crippen molar-refractivity contribution in [2.75, 3.05) is 25.5 Å². The molecule has 196 valence electrons. The number of aryl methyl sites for hydroxylation is 1. The summed E-state index contributed by atoms with van der Waals surface area (Å²) in [4.78, 5) is 19.5. The van der Waals surface area contributed by atoms with Gasteiger partial charge in [0.15, 0.2) is 5.82 Å². The van der Waals surface area contributed by atoms with E-state index in [4.69, 9.17) is 4.98 Å². The van der Waals surface area contributed by atoms with E-state index in [2.05, 4.69) is 42.8 Å². The Balaban J connectivity index is 0.000000978. The van der Waals surface area contributed by atoms with Gasteiger partial charge < -0.3 is 19.8 Å². The molecule has 2 N–H and O–H groups in total. The SMILES string of the molecule is CC.Cc1nc2c(F)cc(-c3c[nH]c4nc(NC5CCCCC5)ncc34)cc2n1C1CCN(C)CC1.[HH].[HH]. The summed E-state index contributed by atoms with van der Waals surface area (Å²) < 4.78 is 17.5. The highest BCUT2D eigenvalue weighted by Crippen LogP contribution is 2.35. The van der Waals surface area contributed by atoms with E-state index in [-0.39, 0.29) is 8.67 Å². The van der Waals surface area contributed by atoms with Crippen molar-refractivity contribution in [3.8, 4) is 11.1 Å². The van der Waals surface area contributed by atoms with Gasteiger partial charge in [0.25, 0.3) is 0 Å². The average molecular weight is 496 g/mol. The van der Waals surface area contributed by atoms with Crippen molar-refractivity contribution in [1.29, 1.82) is 0 Å². The number of benzene rings is 1. The number of nitrogens with one attached hydrogen (secondary N) is 2. The highest BCUT2D eigenvalue weighted by Gasteiger charge is 2.24. The molecule has 4 aromatic rings. The molecule has 6 rings (SSSR count). The minimum atomic E-state index is -0.284. The van der Waals surface area contributed by atoms with Crippen molar-refractivity contribution >= 4 is 28.0 Å². The number of H-pyrrole nitrogens is 1. The van der Waals surface area contributed by atoms with Crippen molar-refractivity contribution in [3.05, 3.63) is 36.2 Å². The summed E-state index contributed by atoms with van der Waals surface area (Å²) in [5.74, 6) is 1.25. The molecule has 0 bridgehead atoms. The Bertz CT molecular complexity index is 1340. The van der Waals surface area contributed by atoms with Crippen LogP contribution in [-0.2, 0) is 0 Å². The lowest BCUT2D eigenvalue weighted by Crippen LogP contribution is -2.31. The fourth-order valence-electron chi connectivity index (χ4n) is 5.78. The monoisotopic (exact) mass is 495 g/mol. The lowest BCUT2D eigenvalue weighted by atomic mass is 9.96. The van der Waals surface area contributed by atoms with E-state index < -0.39 is 0 Å². The number of likely N-dealkylation sites (tertiary alicyclic amines) is 1. The first-order valence-corrected chi connectivity index (χ1v) is 13.5. The smallest absolute Gasteiger partial charge is 0.224 e. The summed E-state index contributed by atoms with van der Waals surface area (Å²) >= 11 is 0. The Morgan fingerprint density at radius 2 is 1.81 bits per heavy atom. The van der Waals surface area contributed by atoms with Gasteiger partial charge in [-0.25, -0.2) is 14.4 Å². The molecule has 3 aromatic heterocycles. The Morgan fingerprint density at radius 1 is 1.06 bits per heavy atom. The second-order valence-electron chi connectivity index (χ2n) is 10.0. The zero-order chi connectivity index (χ0) is 25.2. The molecule has 2 aliphatic rings. The molecular weight excluding hydrogens is 453 g/mol. The van der Waals surface area contributed by atoms with Crippen LogP contribution in [0.3, 0.4) is 0 Å². The Hall–Kier alpha value is -3.00. The van der Waals surface area contributed by atoms with Gasteiger partial charge in [-0.05, 0) is 70.4 Å². The topological polar surface area (TPSA) is 74.7 Å². The van der Waals surface area contributed by atoms with Crippen LogP contribution in [0.15, 0.2) is 24.5 Å². The van der Waals surface area contributed by atoms with Gasteiger partial charge in [-0.2, -0.15) is 4.98 Å². The molecule has 1 saturated heterocycles. The minimum Gasteiger partial charge on any atom is -0.351 e. The number of anilines is 1. The van der Waals surface area contributed by atoms with Crippen LogP contribution in [0.25, 0.3) is 33.2 Å². The number of imidazole rings is 1. The number of aromatic amines is 1. The van der Waals surface area contributed by atoms with Crippen LogP contribution in [0, 0.1) is 12.7 Å². The van der Waals surface area contributed by atoms with E-state index in [0.717, 1.165) is 59.4 Å². The molecule has 36 heavy (non-hydrogen) atoms. The van der Waals surface area contributed by atoms with E-state index in [1.165, 1.54) is 32.1 Å². The second-order valence-corrected chi connectivity index (χ2v) is 10.0. The maximum Gasteiger partial charge on any atom is 0.224 e. The summed E-state index contributed by atoms with van der Waals surface area (Å²) in [6.45, 7) is 8.07. The van der Waals surface area contributed by atoms with Crippen LogP contribution >= 0.6 is 0 Å². The fourth-order valence-corrected chi connectivity index (χ4v) is 5.78. The lowest BCUT2D eigenvalue weighted by Gasteiger charge is -2.30. The molecule has 1 aliphatic carbocycles. The van der Waals surface area contributed by atoms with Gasteiger partial charge in [0, 0.05) is 38.3 Å². The predicted molar refractivity (Wildman–Crippen MR) is 149 cm³/mol. The van der Waals surface area contributed by atoms with E-state index in [1.807, 2.05) is 33.2 Å². The molecule has 1 saturated carbocycles. The van der Waals surface area contributed by atoms with E-state index in [1.54, 1.807) is 6.07 Å². The van der Waals surface area contributed by atoms with Crippen LogP contribution in [-0.4, -0.2) is 55.6 Å². The summed E-state index contributed by atoms with van der Waals surface area (Å²) in [6.07, 6.45) is 12.0. The number of fused-ring (bicyclic) bond motifs is 2. The number of halogens is 1. The predicted octanol–water partition coefficient (Wildman–Crippen LogP) is 6.95. The number of nitrogens with zero attached hydrogens (tertiary/aromatic N) is 5. The molecule has 0 spiro atoms. The quantitative estimate of drug-likeness (QED) is 0.320. The molecule has 4 heterocycles. The molecule has 2 fully saturated rings. The molecule has 0 unspecified atom stereocenters. The first-order chi connectivity index (χ1) is 17.6. The molecule has 0 amide bonds. The van der Waals surface area contributed by atoms with Gasteiger partial charge >= 0.3 is 0 Å². The number of rotatable bonds is 4. The third kappa shape index (κ3) is 4.71. The van der Waals surface area contributed by atoms with Gasteiger partial charge in [-0.15, -0.1) is 0 Å². The number of hydrogen-bond donors (Lipinski definition) is 2. The zero-order valence-corrected chi connectivity index (χ0v) is 21.9.